The molecule has 40 heavy (non-hydrogen) atoms. The van der Waals surface area contributed by atoms with Crippen molar-refractivity contribution in [3.8, 4) is 17.2 Å². The minimum absolute atomic E-state index is 0.0108. The summed E-state index contributed by atoms with van der Waals surface area (Å²) in [4.78, 5) is 39.6. The third kappa shape index (κ3) is 6.33. The molecule has 7 nitrogen and oxygen atoms in total. The van der Waals surface area contributed by atoms with Gasteiger partial charge in [-0.1, -0.05) is 12.1 Å². The quantitative estimate of drug-likeness (QED) is 0.288. The number of Topliss-reactive ketones (excluding diaryl/α,β-unsaturated/α-hetero) is 1. The molecule has 0 bridgehead atoms. The van der Waals surface area contributed by atoms with Gasteiger partial charge in [0.15, 0.2) is 11.6 Å². The fraction of sp³-hybridized carbons (Fsp3) is 0.344. The number of hydrogen-bond acceptors (Lipinski definition) is 6. The number of phenolic OH excluding ortho intramolecular Hbond substituents is 1. The van der Waals surface area contributed by atoms with Crippen LogP contribution in [-0.4, -0.2) is 36.4 Å². The van der Waals surface area contributed by atoms with E-state index in [4.69, 9.17) is 9.47 Å². The molecule has 0 saturated heterocycles. The number of benzene rings is 3. The number of nitrogens with zero attached hydrogens (tertiary/aromatic N) is 1. The molecule has 0 aliphatic heterocycles. The lowest BCUT2D eigenvalue weighted by atomic mass is 9.79. The van der Waals surface area contributed by atoms with E-state index in [2.05, 4.69) is 0 Å². The number of halogens is 1. The van der Waals surface area contributed by atoms with Crippen LogP contribution in [0.4, 0.5) is 10.1 Å². The zero-order valence-electron chi connectivity index (χ0n) is 23.4. The molecule has 0 heterocycles. The van der Waals surface area contributed by atoms with Crippen molar-refractivity contribution in [1.82, 2.24) is 0 Å². The molecule has 1 N–H and O–H groups in total. The van der Waals surface area contributed by atoms with Crippen LogP contribution in [0, 0.1) is 11.2 Å². The number of aromatic hydroxyl groups is 1. The predicted molar refractivity (Wildman–Crippen MR) is 150 cm³/mol. The number of rotatable bonds is 7. The van der Waals surface area contributed by atoms with Crippen molar-refractivity contribution in [3.05, 3.63) is 82.7 Å². The van der Waals surface area contributed by atoms with Gasteiger partial charge in [-0.2, -0.15) is 0 Å². The number of hydrogen-bond donors (Lipinski definition) is 1. The normalized spacial score (nSPS) is 14.7. The smallest absolute Gasteiger partial charge is 0.316 e. The SMILES string of the molecule is COc1ccc([C@@H]2CCc3cc(OC(=O)C(C)(C)C)ccc3C2)c(N(CC(C)=O)C(=O)c2ccc(O)c(F)c2)c1. The van der Waals surface area contributed by atoms with Gasteiger partial charge in [0.25, 0.3) is 5.91 Å². The van der Waals surface area contributed by atoms with E-state index in [1.165, 1.54) is 25.0 Å². The minimum atomic E-state index is -0.920. The molecule has 3 aromatic carbocycles. The Morgan fingerprint density at radius 1 is 1.00 bits per heavy atom. The monoisotopic (exact) mass is 547 g/mol. The van der Waals surface area contributed by atoms with Gasteiger partial charge in [0.05, 0.1) is 24.8 Å². The van der Waals surface area contributed by atoms with E-state index in [0.29, 0.717) is 23.6 Å². The average molecular weight is 548 g/mol. The van der Waals surface area contributed by atoms with Crippen LogP contribution in [0.1, 0.15) is 67.1 Å². The van der Waals surface area contributed by atoms with Crippen LogP contribution in [0.25, 0.3) is 0 Å². The highest BCUT2D eigenvalue weighted by Gasteiger charge is 2.29. The van der Waals surface area contributed by atoms with Gasteiger partial charge >= 0.3 is 5.97 Å². The molecule has 0 aromatic heterocycles. The van der Waals surface area contributed by atoms with Gasteiger partial charge in [-0.3, -0.25) is 14.4 Å². The maximum Gasteiger partial charge on any atom is 0.316 e. The van der Waals surface area contributed by atoms with Gasteiger partial charge in [0, 0.05) is 11.6 Å². The number of anilines is 1. The molecule has 0 spiro atoms. The summed E-state index contributed by atoms with van der Waals surface area (Å²) in [6, 6.07) is 14.5. The van der Waals surface area contributed by atoms with Gasteiger partial charge in [0.2, 0.25) is 0 Å². The lowest BCUT2D eigenvalue weighted by Gasteiger charge is -2.31. The topological polar surface area (TPSA) is 93.1 Å². The van der Waals surface area contributed by atoms with Crippen LogP contribution < -0.4 is 14.4 Å². The molecule has 4 rings (SSSR count). The molecular formula is C32H34FNO6. The fourth-order valence-electron chi connectivity index (χ4n) is 4.83. The summed E-state index contributed by atoms with van der Waals surface area (Å²) in [6.07, 6.45) is 2.17. The Balaban J connectivity index is 1.69. The second-order valence-corrected chi connectivity index (χ2v) is 11.2. The third-order valence-electron chi connectivity index (χ3n) is 7.02. The minimum Gasteiger partial charge on any atom is -0.505 e. The van der Waals surface area contributed by atoms with Crippen LogP contribution >= 0.6 is 0 Å². The summed E-state index contributed by atoms with van der Waals surface area (Å²) in [7, 11) is 1.52. The van der Waals surface area contributed by atoms with Gasteiger partial charge in [-0.05, 0) is 106 Å². The number of carbonyl (C=O) groups excluding carboxylic acids is 3. The number of amides is 1. The van der Waals surface area contributed by atoms with Gasteiger partial charge in [-0.15, -0.1) is 0 Å². The highest BCUT2D eigenvalue weighted by atomic mass is 19.1. The van der Waals surface area contributed by atoms with Crippen molar-refractivity contribution < 1.29 is 33.4 Å². The Morgan fingerprint density at radius 3 is 2.38 bits per heavy atom. The second-order valence-electron chi connectivity index (χ2n) is 11.2. The van der Waals surface area contributed by atoms with Crippen molar-refractivity contribution in [2.75, 3.05) is 18.6 Å². The number of phenols is 1. The van der Waals surface area contributed by atoms with E-state index < -0.39 is 22.9 Å². The molecule has 8 heteroatoms. The van der Waals surface area contributed by atoms with E-state index in [0.717, 1.165) is 41.7 Å². The number of aryl methyl sites for hydroxylation is 1. The molecule has 210 valence electrons. The maximum absolute atomic E-state index is 14.1. The van der Waals surface area contributed by atoms with E-state index in [9.17, 15) is 23.9 Å². The summed E-state index contributed by atoms with van der Waals surface area (Å²) in [5.74, 6) is -1.54. The van der Waals surface area contributed by atoms with Crippen LogP contribution in [0.3, 0.4) is 0 Å². The summed E-state index contributed by atoms with van der Waals surface area (Å²) < 4.78 is 25.1. The molecule has 0 saturated carbocycles. The number of fused-ring (bicyclic) bond motifs is 1. The van der Waals surface area contributed by atoms with Crippen molar-refractivity contribution in [3.63, 3.8) is 0 Å². The molecule has 0 fully saturated rings. The number of esters is 1. The molecule has 1 amide bonds. The molecule has 1 atom stereocenters. The molecular weight excluding hydrogens is 513 g/mol. The first-order valence-corrected chi connectivity index (χ1v) is 13.2. The first kappa shape index (κ1) is 28.8. The summed E-state index contributed by atoms with van der Waals surface area (Å²) >= 11 is 0. The summed E-state index contributed by atoms with van der Waals surface area (Å²) in [6.45, 7) is 6.60. The van der Waals surface area contributed by atoms with E-state index in [1.807, 2.05) is 45.0 Å². The third-order valence-corrected chi connectivity index (χ3v) is 7.02. The maximum atomic E-state index is 14.1. The van der Waals surface area contributed by atoms with E-state index in [1.54, 1.807) is 12.1 Å². The first-order chi connectivity index (χ1) is 18.9. The highest BCUT2D eigenvalue weighted by molar-refractivity contribution is 6.09. The number of ketones is 1. The molecule has 3 aromatic rings. The molecule has 0 unspecified atom stereocenters. The number of methoxy groups -OCH3 is 1. The standard InChI is InChI=1S/C32H34FNO6/c1-19(35)18-34(30(37)23-9-13-29(36)27(33)16-23)28-17-24(39-5)11-12-26(28)22-7-6-21-15-25(10-8-20(21)14-22)40-31(38)32(2,3)4/h8-13,15-17,22,36H,6-7,14,18H2,1-5H3/t22-/m1/s1. The van der Waals surface area contributed by atoms with Crippen molar-refractivity contribution in [2.24, 2.45) is 5.41 Å². The van der Waals surface area contributed by atoms with E-state index in [-0.39, 0.29) is 29.8 Å². The van der Waals surface area contributed by atoms with Crippen LogP contribution in [0.2, 0.25) is 0 Å². The van der Waals surface area contributed by atoms with E-state index >= 15 is 0 Å². The lowest BCUT2D eigenvalue weighted by Crippen LogP contribution is -2.36. The lowest BCUT2D eigenvalue weighted by molar-refractivity contribution is -0.143. The largest absolute Gasteiger partial charge is 0.505 e. The van der Waals surface area contributed by atoms with Crippen molar-refractivity contribution in [1.29, 1.82) is 0 Å². The van der Waals surface area contributed by atoms with Crippen LogP contribution in [0.5, 0.6) is 17.2 Å². The molecule has 1 aliphatic carbocycles. The Hall–Kier alpha value is -4.20. The van der Waals surface area contributed by atoms with Gasteiger partial charge < -0.3 is 19.5 Å². The number of carbonyl (C=O) groups is 3. The highest BCUT2D eigenvalue weighted by Crippen LogP contribution is 2.40. The van der Waals surface area contributed by atoms with Gasteiger partial charge in [0.1, 0.15) is 17.3 Å². The second kappa shape index (κ2) is 11.5. The van der Waals surface area contributed by atoms with Crippen molar-refractivity contribution in [2.45, 2.75) is 52.9 Å². The number of ether oxygens (including phenoxy) is 2. The first-order valence-electron chi connectivity index (χ1n) is 13.2. The summed E-state index contributed by atoms with van der Waals surface area (Å²) in [5.41, 5.74) is 2.98. The Bertz CT molecular complexity index is 1460. The zero-order chi connectivity index (χ0) is 29.2. The zero-order valence-corrected chi connectivity index (χ0v) is 23.4. The molecule has 0 radical (unpaired) electrons. The van der Waals surface area contributed by atoms with Crippen LogP contribution in [-0.2, 0) is 22.4 Å². The summed E-state index contributed by atoms with van der Waals surface area (Å²) in [5, 5.41) is 9.59. The predicted octanol–water partition coefficient (Wildman–Crippen LogP) is 6.00. The van der Waals surface area contributed by atoms with Crippen LogP contribution in [0.15, 0.2) is 54.6 Å². The Kier molecular flexibility index (Phi) is 8.28. The molecule has 1 aliphatic rings. The van der Waals surface area contributed by atoms with Gasteiger partial charge in [-0.25, -0.2) is 4.39 Å². The van der Waals surface area contributed by atoms with Crippen molar-refractivity contribution >= 4 is 23.3 Å². The Labute approximate surface area is 233 Å². The average Bonchev–Trinajstić information content (AvgIpc) is 2.91. The fourth-order valence-corrected chi connectivity index (χ4v) is 4.83. The Morgan fingerprint density at radius 2 is 1.73 bits per heavy atom.